The third kappa shape index (κ3) is 37.6. The molecule has 0 aromatic carbocycles. The molecule has 0 aromatic rings. The molecule has 0 rings (SSSR count). The van der Waals surface area contributed by atoms with Gasteiger partial charge in [0.05, 0.1) is 6.42 Å². The highest BCUT2D eigenvalue weighted by Gasteiger charge is 2.01. The molecule has 0 aromatic heterocycles. The van der Waals surface area contributed by atoms with E-state index in [9.17, 15) is 9.59 Å². The Labute approximate surface area is 219 Å². The number of carbonyl (C=O) groups excluding carboxylic acids is 1. The molecule has 0 aliphatic heterocycles. The van der Waals surface area contributed by atoms with E-state index in [0.29, 0.717) is 5.78 Å². The number of hydrogen-bond donors (Lipinski definition) is 1. The number of allylic oxidation sites excluding steroid dienone is 1. The molecule has 0 fully saturated rings. The summed E-state index contributed by atoms with van der Waals surface area (Å²) < 4.78 is 0. The summed E-state index contributed by atoms with van der Waals surface area (Å²) in [5.74, 6) is -0.251. The highest BCUT2D eigenvalue weighted by Crippen LogP contribution is 2.12. The molecular formula is C32H62O3. The standard InChI is InChI=1S/C16H30O2.C16H32O/c1-2-3-4-5-6-7-8-9-10-11-12-13-14-15-16(17)18;1-3-5-7-8-9-10-11-13-15-16(17)14-12-6-4-2/h13-14H,2-12,15H2,1H3,(H,17,18);3-15H2,1-2H3. The number of carbonyl (C=O) groups is 2. The highest BCUT2D eigenvalue weighted by molar-refractivity contribution is 5.78. The van der Waals surface area contributed by atoms with Crippen molar-refractivity contribution in [1.82, 2.24) is 0 Å². The van der Waals surface area contributed by atoms with Gasteiger partial charge < -0.3 is 5.11 Å². The first-order valence-corrected chi connectivity index (χ1v) is 15.5. The lowest BCUT2D eigenvalue weighted by Crippen LogP contribution is -1.97. The van der Waals surface area contributed by atoms with Crippen molar-refractivity contribution in [2.24, 2.45) is 0 Å². The Morgan fingerprint density at radius 3 is 1.26 bits per heavy atom. The first-order chi connectivity index (χ1) is 17.1. The molecule has 0 amide bonds. The van der Waals surface area contributed by atoms with Gasteiger partial charge in [0, 0.05) is 12.8 Å². The van der Waals surface area contributed by atoms with Gasteiger partial charge in [-0.25, -0.2) is 0 Å². The highest BCUT2D eigenvalue weighted by atomic mass is 16.4. The van der Waals surface area contributed by atoms with E-state index < -0.39 is 5.97 Å². The zero-order chi connectivity index (χ0) is 26.2. The van der Waals surface area contributed by atoms with Crippen molar-refractivity contribution < 1.29 is 14.7 Å². The maximum atomic E-state index is 11.5. The van der Waals surface area contributed by atoms with E-state index in [0.717, 1.165) is 32.1 Å². The summed E-state index contributed by atoms with van der Waals surface area (Å²) in [6, 6.07) is 0. The molecule has 0 saturated heterocycles. The van der Waals surface area contributed by atoms with E-state index in [1.165, 1.54) is 122 Å². The fraction of sp³-hybridized carbons (Fsp3) is 0.875. The van der Waals surface area contributed by atoms with E-state index in [4.69, 9.17) is 5.11 Å². The summed E-state index contributed by atoms with van der Waals surface area (Å²) >= 11 is 0. The molecule has 0 heterocycles. The van der Waals surface area contributed by atoms with Gasteiger partial charge in [-0.15, -0.1) is 0 Å². The maximum Gasteiger partial charge on any atom is 0.307 e. The largest absolute Gasteiger partial charge is 0.481 e. The quantitative estimate of drug-likeness (QED) is 0.0960. The number of carboxylic acids is 1. The molecule has 0 aliphatic carbocycles. The smallest absolute Gasteiger partial charge is 0.307 e. The predicted octanol–water partition coefficient (Wildman–Crippen LogP) is 11.0. The topological polar surface area (TPSA) is 54.4 Å². The SMILES string of the molecule is CCCCCCCCCCC(=O)CCCCC.CCCCCCCCCCCCC=CCC(=O)O. The molecule has 3 nitrogen and oxygen atoms in total. The predicted molar refractivity (Wildman–Crippen MR) is 154 cm³/mol. The summed E-state index contributed by atoms with van der Waals surface area (Å²) in [5.41, 5.74) is 0. The molecule has 35 heavy (non-hydrogen) atoms. The molecule has 0 radical (unpaired) electrons. The van der Waals surface area contributed by atoms with Gasteiger partial charge in [0.25, 0.3) is 0 Å². The van der Waals surface area contributed by atoms with Crippen molar-refractivity contribution in [3.05, 3.63) is 12.2 Å². The van der Waals surface area contributed by atoms with Crippen LogP contribution in [0.5, 0.6) is 0 Å². The second kappa shape index (κ2) is 32.9. The van der Waals surface area contributed by atoms with Crippen LogP contribution in [0.25, 0.3) is 0 Å². The van der Waals surface area contributed by atoms with Gasteiger partial charge in [-0.3, -0.25) is 9.59 Å². The number of unbranched alkanes of at least 4 members (excludes halogenated alkanes) is 19. The lowest BCUT2D eigenvalue weighted by molar-refractivity contribution is -0.136. The van der Waals surface area contributed by atoms with Gasteiger partial charge in [-0.05, 0) is 25.7 Å². The maximum absolute atomic E-state index is 11.5. The first kappa shape index (κ1) is 36.0. The van der Waals surface area contributed by atoms with E-state index in [-0.39, 0.29) is 6.42 Å². The van der Waals surface area contributed by atoms with Crippen molar-refractivity contribution in [3.63, 3.8) is 0 Å². The third-order valence-electron chi connectivity index (χ3n) is 6.55. The molecule has 0 unspecified atom stereocenters. The minimum atomic E-state index is -0.741. The Kier molecular flexibility index (Phi) is 33.9. The summed E-state index contributed by atoms with van der Waals surface area (Å²) in [6.45, 7) is 6.69. The molecule has 208 valence electrons. The monoisotopic (exact) mass is 494 g/mol. The van der Waals surface area contributed by atoms with Gasteiger partial charge in [0.15, 0.2) is 0 Å². The van der Waals surface area contributed by atoms with Gasteiger partial charge in [0.1, 0.15) is 5.78 Å². The molecule has 0 bridgehead atoms. The second-order valence-corrected chi connectivity index (χ2v) is 10.3. The number of hydrogen-bond acceptors (Lipinski definition) is 2. The van der Waals surface area contributed by atoms with Crippen molar-refractivity contribution in [3.8, 4) is 0 Å². The Bertz CT molecular complexity index is 456. The van der Waals surface area contributed by atoms with Crippen LogP contribution in [0.4, 0.5) is 0 Å². The van der Waals surface area contributed by atoms with Crippen LogP contribution in [0.2, 0.25) is 0 Å². The van der Waals surface area contributed by atoms with E-state index in [1.54, 1.807) is 6.08 Å². The minimum absolute atomic E-state index is 0.164. The molecule has 0 saturated carbocycles. The van der Waals surface area contributed by atoms with Crippen LogP contribution in [0.3, 0.4) is 0 Å². The van der Waals surface area contributed by atoms with E-state index in [2.05, 4.69) is 20.8 Å². The number of carboxylic acid groups (broad SMARTS) is 1. The van der Waals surface area contributed by atoms with Crippen LogP contribution < -0.4 is 0 Å². The second-order valence-electron chi connectivity index (χ2n) is 10.3. The average molecular weight is 495 g/mol. The summed E-state index contributed by atoms with van der Waals surface area (Å²) in [6.07, 6.45) is 34.2. The van der Waals surface area contributed by atoms with Gasteiger partial charge >= 0.3 is 5.97 Å². The van der Waals surface area contributed by atoms with Crippen LogP contribution in [-0.2, 0) is 9.59 Å². The number of Topliss-reactive ketones (excluding diaryl/α,β-unsaturated/α-hetero) is 1. The van der Waals surface area contributed by atoms with Crippen LogP contribution in [0.1, 0.15) is 181 Å². The van der Waals surface area contributed by atoms with Crippen molar-refractivity contribution >= 4 is 11.8 Å². The molecule has 1 N–H and O–H groups in total. The van der Waals surface area contributed by atoms with E-state index >= 15 is 0 Å². The van der Waals surface area contributed by atoms with Crippen molar-refractivity contribution in [1.29, 1.82) is 0 Å². The zero-order valence-corrected chi connectivity index (χ0v) is 24.1. The Morgan fingerprint density at radius 2 is 0.829 bits per heavy atom. The van der Waals surface area contributed by atoms with Gasteiger partial charge in [0.2, 0.25) is 0 Å². The third-order valence-corrected chi connectivity index (χ3v) is 6.55. The first-order valence-electron chi connectivity index (χ1n) is 15.5. The van der Waals surface area contributed by atoms with Crippen molar-refractivity contribution in [2.45, 2.75) is 181 Å². The van der Waals surface area contributed by atoms with Crippen LogP contribution in [0.15, 0.2) is 12.2 Å². The molecule has 0 atom stereocenters. The Morgan fingerprint density at radius 1 is 0.486 bits per heavy atom. The normalized spacial score (nSPS) is 10.9. The van der Waals surface area contributed by atoms with Gasteiger partial charge in [-0.2, -0.15) is 0 Å². The Hall–Kier alpha value is -1.12. The number of aliphatic carboxylic acids is 1. The molecule has 0 aliphatic rings. The summed E-state index contributed by atoms with van der Waals surface area (Å²) in [4.78, 5) is 21.7. The van der Waals surface area contributed by atoms with Crippen molar-refractivity contribution in [2.75, 3.05) is 0 Å². The molecular weight excluding hydrogens is 432 g/mol. The summed E-state index contributed by atoms with van der Waals surface area (Å²) in [5, 5.41) is 8.44. The number of ketones is 1. The van der Waals surface area contributed by atoms with Crippen LogP contribution >= 0.6 is 0 Å². The van der Waals surface area contributed by atoms with Gasteiger partial charge in [-0.1, -0.05) is 148 Å². The average Bonchev–Trinajstić information content (AvgIpc) is 2.84. The molecule has 0 spiro atoms. The van der Waals surface area contributed by atoms with E-state index in [1.807, 2.05) is 6.08 Å². The fourth-order valence-corrected chi connectivity index (χ4v) is 4.20. The number of rotatable bonds is 26. The fourth-order valence-electron chi connectivity index (χ4n) is 4.20. The zero-order valence-electron chi connectivity index (χ0n) is 24.1. The van der Waals surface area contributed by atoms with Crippen LogP contribution in [-0.4, -0.2) is 16.9 Å². The lowest BCUT2D eigenvalue weighted by atomic mass is 10.0. The summed E-state index contributed by atoms with van der Waals surface area (Å²) in [7, 11) is 0. The molecule has 3 heteroatoms. The minimum Gasteiger partial charge on any atom is -0.481 e. The Balaban J connectivity index is 0. The lowest BCUT2D eigenvalue weighted by Gasteiger charge is -2.02. The van der Waals surface area contributed by atoms with Crippen LogP contribution in [0, 0.1) is 0 Å².